The van der Waals surface area contributed by atoms with Gasteiger partial charge in [0, 0.05) is 4.47 Å². The molecule has 0 fully saturated rings. The van der Waals surface area contributed by atoms with E-state index in [-0.39, 0.29) is 0 Å². The molecule has 0 aliphatic heterocycles. The van der Waals surface area contributed by atoms with Crippen molar-refractivity contribution in [2.75, 3.05) is 0 Å². The van der Waals surface area contributed by atoms with Crippen molar-refractivity contribution in [3.8, 4) is 0 Å². The summed E-state index contributed by atoms with van der Waals surface area (Å²) in [7, 11) is 0. The predicted octanol–water partition coefficient (Wildman–Crippen LogP) is 2.70. The molecule has 46 valence electrons. The van der Waals surface area contributed by atoms with E-state index in [1.807, 2.05) is 24.3 Å². The molecule has 0 unspecified atom stereocenters. The van der Waals surface area contributed by atoms with Crippen LogP contribution in [0.2, 0.25) is 0 Å². The smallest absolute Gasteiger partial charge is 0.0175 e. The van der Waals surface area contributed by atoms with Crippen molar-refractivity contribution in [2.45, 2.75) is 6.42 Å². The number of benzene rings is 1. The Morgan fingerprint density at radius 1 is 1.22 bits per heavy atom. The first-order valence-electron chi connectivity index (χ1n) is 2.77. The second kappa shape index (κ2) is 3.02. The van der Waals surface area contributed by atoms with Gasteiger partial charge in [-0.1, -0.05) is 28.1 Å². The third-order valence-electron chi connectivity index (χ3n) is 1.15. The van der Waals surface area contributed by atoms with Crippen molar-refractivity contribution in [1.29, 1.82) is 0 Å². The molecule has 1 heteroatoms. The Balaban J connectivity index is 2.88. The van der Waals surface area contributed by atoms with Gasteiger partial charge in [0.05, 0.1) is 0 Å². The van der Waals surface area contributed by atoms with Crippen molar-refractivity contribution >= 4 is 15.9 Å². The van der Waals surface area contributed by atoms with E-state index >= 15 is 0 Å². The quantitative estimate of drug-likeness (QED) is 0.627. The van der Waals surface area contributed by atoms with Gasteiger partial charge >= 0.3 is 0 Å². The Kier molecular flexibility index (Phi) is 2.29. The highest BCUT2D eigenvalue weighted by Gasteiger charge is 1.86. The summed E-state index contributed by atoms with van der Waals surface area (Å²) in [5.74, 6) is 0. The fourth-order valence-corrected chi connectivity index (χ4v) is 0.885. The third kappa shape index (κ3) is 1.83. The lowest BCUT2D eigenvalue weighted by molar-refractivity contribution is 1.27. The Morgan fingerprint density at radius 3 is 2.22 bits per heavy atom. The maximum absolute atomic E-state index is 5.38. The summed E-state index contributed by atoms with van der Waals surface area (Å²) in [4.78, 5) is 0. The first-order valence-corrected chi connectivity index (χ1v) is 3.57. The van der Waals surface area contributed by atoms with E-state index in [9.17, 15) is 0 Å². The third-order valence-corrected chi connectivity index (χ3v) is 1.68. The maximum Gasteiger partial charge on any atom is 0.0175 e. The molecule has 0 aliphatic rings. The van der Waals surface area contributed by atoms with Crippen LogP contribution in [0.5, 0.6) is 0 Å². The summed E-state index contributed by atoms with van der Waals surface area (Å²) in [5, 5.41) is 0. The average Bonchev–Trinajstić information content (AvgIpc) is 1.90. The number of rotatable bonds is 1. The molecule has 0 amide bonds. The lowest BCUT2D eigenvalue weighted by Gasteiger charge is -1.93. The van der Waals surface area contributed by atoms with Crippen molar-refractivity contribution < 1.29 is 0 Å². The molecule has 1 aromatic carbocycles. The normalized spacial score (nSPS) is 9.56. The van der Waals surface area contributed by atoms with Gasteiger partial charge < -0.3 is 0 Å². The van der Waals surface area contributed by atoms with Crippen LogP contribution in [0.25, 0.3) is 0 Å². The minimum atomic E-state index is 0.618. The first kappa shape index (κ1) is 6.81. The Bertz CT molecular complexity index is 176. The van der Waals surface area contributed by atoms with Crippen molar-refractivity contribution in [3.63, 3.8) is 0 Å². The van der Waals surface area contributed by atoms with Gasteiger partial charge in [0.15, 0.2) is 0 Å². The van der Waals surface area contributed by atoms with Crippen LogP contribution in [0.3, 0.4) is 0 Å². The van der Waals surface area contributed by atoms with Gasteiger partial charge in [-0.25, -0.2) is 0 Å². The topological polar surface area (TPSA) is 0 Å². The minimum Gasteiger partial charge on any atom is -0.0579 e. The largest absolute Gasteiger partial charge is 0.0579 e. The van der Waals surface area contributed by atoms with Crippen LogP contribution in [-0.4, -0.2) is 0 Å². The highest BCUT2D eigenvalue weighted by atomic mass is 79.9. The fraction of sp³-hybridized carbons (Fsp3) is 0.125. The summed E-state index contributed by atoms with van der Waals surface area (Å²) < 4.78 is 1.10. The summed E-state index contributed by atoms with van der Waals surface area (Å²) in [6.07, 6.45) is 0.618. The molecule has 0 aliphatic carbocycles. The molecule has 2 radical (unpaired) electrons. The molecule has 0 bridgehead atoms. The molecule has 0 atom stereocenters. The molecule has 0 heterocycles. The van der Waals surface area contributed by atoms with Gasteiger partial charge in [-0.15, -0.1) is 0 Å². The summed E-state index contributed by atoms with van der Waals surface area (Å²) in [6, 6.07) is 7.98. The van der Waals surface area contributed by atoms with Gasteiger partial charge in [-0.2, -0.15) is 0 Å². The van der Waals surface area contributed by atoms with Crippen molar-refractivity contribution in [2.24, 2.45) is 0 Å². The molecule has 1 aromatic rings. The van der Waals surface area contributed by atoms with Crippen molar-refractivity contribution in [1.82, 2.24) is 0 Å². The zero-order valence-corrected chi connectivity index (χ0v) is 6.56. The van der Waals surface area contributed by atoms with E-state index in [1.165, 1.54) is 5.56 Å². The molecule has 0 spiro atoms. The predicted molar refractivity (Wildman–Crippen MR) is 42.1 cm³/mol. The highest BCUT2D eigenvalue weighted by Crippen LogP contribution is 2.10. The van der Waals surface area contributed by atoms with Gasteiger partial charge in [-0.3, -0.25) is 0 Å². The van der Waals surface area contributed by atoms with Crippen LogP contribution in [0, 0.1) is 6.92 Å². The molecular formula is C8H7Br. The lowest BCUT2D eigenvalue weighted by atomic mass is 10.2. The maximum atomic E-state index is 5.38. The van der Waals surface area contributed by atoms with Crippen LogP contribution in [0.1, 0.15) is 5.56 Å². The molecular weight excluding hydrogens is 176 g/mol. The fourth-order valence-electron chi connectivity index (χ4n) is 0.620. The SMILES string of the molecule is [CH]Cc1ccc(Br)cc1. The zero-order valence-electron chi connectivity index (χ0n) is 4.97. The molecule has 1 rings (SSSR count). The summed E-state index contributed by atoms with van der Waals surface area (Å²) in [6.45, 7) is 5.38. The molecule has 9 heavy (non-hydrogen) atoms. The van der Waals surface area contributed by atoms with Crippen LogP contribution in [0.15, 0.2) is 28.7 Å². The summed E-state index contributed by atoms with van der Waals surface area (Å²) in [5.41, 5.74) is 1.16. The zero-order chi connectivity index (χ0) is 6.69. The number of halogens is 1. The first-order chi connectivity index (χ1) is 4.33. The second-order valence-electron chi connectivity index (χ2n) is 1.83. The second-order valence-corrected chi connectivity index (χ2v) is 2.75. The van der Waals surface area contributed by atoms with Gasteiger partial charge in [-0.05, 0) is 31.0 Å². The van der Waals surface area contributed by atoms with E-state index < -0.39 is 0 Å². The van der Waals surface area contributed by atoms with E-state index in [2.05, 4.69) is 15.9 Å². The molecule has 0 nitrogen and oxygen atoms in total. The van der Waals surface area contributed by atoms with E-state index in [1.54, 1.807) is 0 Å². The van der Waals surface area contributed by atoms with Crippen molar-refractivity contribution in [3.05, 3.63) is 41.2 Å². The minimum absolute atomic E-state index is 0.618. The molecule has 0 N–H and O–H groups in total. The highest BCUT2D eigenvalue weighted by molar-refractivity contribution is 9.10. The Labute approximate surface area is 64.0 Å². The monoisotopic (exact) mass is 182 g/mol. The van der Waals surface area contributed by atoms with Gasteiger partial charge in [0.1, 0.15) is 0 Å². The van der Waals surface area contributed by atoms with Crippen LogP contribution in [0.4, 0.5) is 0 Å². The van der Waals surface area contributed by atoms with E-state index in [4.69, 9.17) is 6.92 Å². The van der Waals surface area contributed by atoms with Gasteiger partial charge in [0.25, 0.3) is 0 Å². The Hall–Kier alpha value is -0.300. The van der Waals surface area contributed by atoms with Gasteiger partial charge in [0.2, 0.25) is 0 Å². The van der Waals surface area contributed by atoms with Crippen LogP contribution in [-0.2, 0) is 6.42 Å². The number of hydrogen-bond donors (Lipinski definition) is 0. The molecule has 0 saturated carbocycles. The molecule has 0 aromatic heterocycles. The summed E-state index contributed by atoms with van der Waals surface area (Å²) >= 11 is 3.33. The number of hydrogen-bond acceptors (Lipinski definition) is 0. The molecule has 0 saturated heterocycles. The van der Waals surface area contributed by atoms with E-state index in [0.717, 1.165) is 4.47 Å². The van der Waals surface area contributed by atoms with Crippen LogP contribution < -0.4 is 0 Å². The average molecular weight is 183 g/mol. The standard InChI is InChI=1S/C8H7Br/c1-2-7-3-5-8(9)6-4-7/h1,3-6H,2H2. The lowest BCUT2D eigenvalue weighted by Crippen LogP contribution is -1.76. The Morgan fingerprint density at radius 2 is 1.78 bits per heavy atom. The van der Waals surface area contributed by atoms with Crippen LogP contribution >= 0.6 is 15.9 Å². The van der Waals surface area contributed by atoms with E-state index in [0.29, 0.717) is 6.42 Å².